The van der Waals surface area contributed by atoms with Crippen molar-refractivity contribution in [2.75, 3.05) is 0 Å². The molecule has 3 aromatic rings. The Kier molecular flexibility index (Phi) is 5.92. The quantitative estimate of drug-likeness (QED) is 0.426. The summed E-state index contributed by atoms with van der Waals surface area (Å²) in [6.45, 7) is 10.7. The highest BCUT2D eigenvalue weighted by Crippen LogP contribution is 2.37. The van der Waals surface area contributed by atoms with Gasteiger partial charge in [-0.15, -0.1) is 28.1 Å². The molecule has 1 aliphatic rings. The van der Waals surface area contributed by atoms with Crippen LogP contribution in [0.5, 0.6) is 0 Å². The Morgan fingerprint density at radius 3 is 2.79 bits per heavy atom. The molecule has 8 heteroatoms. The Hall–Kier alpha value is -1.93. The van der Waals surface area contributed by atoms with Gasteiger partial charge in [-0.25, -0.2) is 4.98 Å². The number of aromatic amines is 1. The maximum atomic E-state index is 12.6. The van der Waals surface area contributed by atoms with Gasteiger partial charge < -0.3 is 9.55 Å². The van der Waals surface area contributed by atoms with Crippen molar-refractivity contribution in [1.82, 2.24) is 24.7 Å². The maximum absolute atomic E-state index is 12.6. The van der Waals surface area contributed by atoms with Gasteiger partial charge in [-0.3, -0.25) is 4.79 Å². The highest BCUT2D eigenvalue weighted by molar-refractivity contribution is 7.99. The van der Waals surface area contributed by atoms with Crippen molar-refractivity contribution in [2.24, 2.45) is 0 Å². The Balaban J connectivity index is 1.63. The topological polar surface area (TPSA) is 76.5 Å². The summed E-state index contributed by atoms with van der Waals surface area (Å²) in [4.78, 5) is 22.3. The number of nitrogens with zero attached hydrogens (tertiary/aromatic N) is 4. The minimum absolute atomic E-state index is 0.0400. The van der Waals surface area contributed by atoms with E-state index in [4.69, 9.17) is 4.98 Å². The molecule has 29 heavy (non-hydrogen) atoms. The SMILES string of the molecule is C=CCn1c(S[C@@H](C)c2nc3sc(C)c(C)c3c(=O)[nH]2)nnc1C1CCCCC1. The molecule has 1 N–H and O–H groups in total. The standard InChI is InChI=1S/C21H27N5OS2/c1-5-11-26-18(15-9-7-6-8-10-15)24-25-21(26)29-14(4)17-22-19(27)16-12(2)13(3)28-20(16)23-17/h5,14-15H,1,6-11H2,2-4H3,(H,22,23,27)/t14-/m0/s1. The van der Waals surface area contributed by atoms with Crippen LogP contribution in [0, 0.1) is 13.8 Å². The van der Waals surface area contributed by atoms with E-state index < -0.39 is 0 Å². The van der Waals surface area contributed by atoms with Crippen molar-refractivity contribution >= 4 is 33.3 Å². The molecule has 0 unspecified atom stereocenters. The van der Waals surface area contributed by atoms with E-state index in [1.54, 1.807) is 23.1 Å². The van der Waals surface area contributed by atoms with Crippen LogP contribution in [0.15, 0.2) is 22.6 Å². The van der Waals surface area contributed by atoms with E-state index in [1.807, 2.05) is 19.9 Å². The molecule has 0 aromatic carbocycles. The van der Waals surface area contributed by atoms with E-state index in [2.05, 4.69) is 33.3 Å². The van der Waals surface area contributed by atoms with Crippen molar-refractivity contribution in [3.05, 3.63) is 45.1 Å². The first kappa shape index (κ1) is 20.3. The Morgan fingerprint density at radius 1 is 1.31 bits per heavy atom. The predicted molar refractivity (Wildman–Crippen MR) is 120 cm³/mol. The zero-order valence-electron chi connectivity index (χ0n) is 17.2. The van der Waals surface area contributed by atoms with E-state index in [-0.39, 0.29) is 10.8 Å². The van der Waals surface area contributed by atoms with Crippen LogP contribution in [0.25, 0.3) is 10.2 Å². The molecule has 0 radical (unpaired) electrons. The normalized spacial score (nSPS) is 16.4. The average Bonchev–Trinajstić information content (AvgIpc) is 3.23. The highest BCUT2D eigenvalue weighted by atomic mass is 32.2. The molecule has 0 spiro atoms. The molecule has 3 heterocycles. The summed E-state index contributed by atoms with van der Waals surface area (Å²) in [5.41, 5.74) is 0.961. The Labute approximate surface area is 178 Å². The number of nitrogens with one attached hydrogen (secondary N) is 1. The lowest BCUT2D eigenvalue weighted by molar-refractivity contribution is 0.415. The lowest BCUT2D eigenvalue weighted by Crippen LogP contribution is -2.14. The molecule has 0 saturated heterocycles. The fraction of sp³-hybridized carbons (Fsp3) is 0.524. The summed E-state index contributed by atoms with van der Waals surface area (Å²) in [5.74, 6) is 2.23. The summed E-state index contributed by atoms with van der Waals surface area (Å²) in [6, 6.07) is 0. The van der Waals surface area contributed by atoms with Gasteiger partial charge in [-0.2, -0.15) is 0 Å². The lowest BCUT2D eigenvalue weighted by atomic mass is 9.89. The summed E-state index contributed by atoms with van der Waals surface area (Å²) in [6.07, 6.45) is 8.09. The molecule has 1 atom stereocenters. The first-order valence-corrected chi connectivity index (χ1v) is 11.9. The van der Waals surface area contributed by atoms with Crippen molar-refractivity contribution in [3.63, 3.8) is 0 Å². The number of aryl methyl sites for hydroxylation is 2. The number of H-pyrrole nitrogens is 1. The largest absolute Gasteiger partial charge is 0.309 e. The van der Waals surface area contributed by atoms with Crippen LogP contribution >= 0.6 is 23.1 Å². The van der Waals surface area contributed by atoms with Crippen molar-refractivity contribution in [3.8, 4) is 0 Å². The summed E-state index contributed by atoms with van der Waals surface area (Å²) >= 11 is 3.17. The summed E-state index contributed by atoms with van der Waals surface area (Å²) in [5, 5.41) is 10.6. The van der Waals surface area contributed by atoms with E-state index >= 15 is 0 Å². The third kappa shape index (κ3) is 3.92. The van der Waals surface area contributed by atoms with Crippen molar-refractivity contribution < 1.29 is 0 Å². The number of thioether (sulfide) groups is 1. The molecular weight excluding hydrogens is 402 g/mol. The zero-order chi connectivity index (χ0) is 20.5. The summed E-state index contributed by atoms with van der Waals surface area (Å²) in [7, 11) is 0. The predicted octanol–water partition coefficient (Wildman–Crippen LogP) is 5.28. The minimum atomic E-state index is -0.0604. The molecule has 0 aliphatic heterocycles. The van der Waals surface area contributed by atoms with Crippen LogP contribution in [0.2, 0.25) is 0 Å². The van der Waals surface area contributed by atoms with Gasteiger partial charge in [0.25, 0.3) is 5.56 Å². The van der Waals surface area contributed by atoms with E-state index in [0.29, 0.717) is 23.7 Å². The van der Waals surface area contributed by atoms with Gasteiger partial charge in [0, 0.05) is 17.3 Å². The van der Waals surface area contributed by atoms with Gasteiger partial charge >= 0.3 is 0 Å². The molecule has 1 saturated carbocycles. The second-order valence-corrected chi connectivity index (χ2v) is 10.3. The van der Waals surface area contributed by atoms with E-state index in [1.165, 1.54) is 32.1 Å². The average molecular weight is 430 g/mol. The van der Waals surface area contributed by atoms with Crippen molar-refractivity contribution in [1.29, 1.82) is 0 Å². The van der Waals surface area contributed by atoms with Gasteiger partial charge in [0.1, 0.15) is 16.5 Å². The summed E-state index contributed by atoms with van der Waals surface area (Å²) < 4.78 is 2.18. The molecule has 1 aliphatic carbocycles. The molecule has 3 aromatic heterocycles. The first-order valence-electron chi connectivity index (χ1n) is 10.2. The third-order valence-corrected chi connectivity index (χ3v) is 7.94. The smallest absolute Gasteiger partial charge is 0.259 e. The molecule has 4 rings (SSSR count). The molecule has 1 fully saturated rings. The zero-order valence-corrected chi connectivity index (χ0v) is 18.8. The van der Waals surface area contributed by atoms with Gasteiger partial charge in [0.05, 0.1) is 10.6 Å². The Morgan fingerprint density at radius 2 is 2.07 bits per heavy atom. The number of hydrogen-bond donors (Lipinski definition) is 1. The fourth-order valence-corrected chi connectivity index (χ4v) is 5.99. The fourth-order valence-electron chi connectivity index (χ4n) is 4.03. The molecule has 0 bridgehead atoms. The number of thiophene rings is 1. The number of hydrogen-bond acceptors (Lipinski definition) is 6. The maximum Gasteiger partial charge on any atom is 0.259 e. The molecule has 154 valence electrons. The van der Waals surface area contributed by atoms with Gasteiger partial charge in [0.2, 0.25) is 0 Å². The highest BCUT2D eigenvalue weighted by Gasteiger charge is 2.25. The molecule has 6 nitrogen and oxygen atoms in total. The van der Waals surface area contributed by atoms with Crippen LogP contribution in [0.3, 0.4) is 0 Å². The van der Waals surface area contributed by atoms with Crippen molar-refractivity contribution in [2.45, 2.75) is 75.7 Å². The van der Waals surface area contributed by atoms with Gasteiger partial charge in [-0.05, 0) is 39.2 Å². The molecular formula is C21H27N5OS2. The number of allylic oxidation sites excluding steroid dienone is 1. The minimum Gasteiger partial charge on any atom is -0.309 e. The number of fused-ring (bicyclic) bond motifs is 1. The monoisotopic (exact) mass is 429 g/mol. The van der Waals surface area contributed by atoms with Crippen LogP contribution < -0.4 is 5.56 Å². The van der Waals surface area contributed by atoms with Crippen LogP contribution in [-0.4, -0.2) is 24.7 Å². The Bertz CT molecular complexity index is 1090. The first-order chi connectivity index (χ1) is 14.0. The second kappa shape index (κ2) is 8.44. The van der Waals surface area contributed by atoms with E-state index in [0.717, 1.165) is 26.3 Å². The molecule has 0 amide bonds. The number of rotatable bonds is 6. The number of aromatic nitrogens is 5. The van der Waals surface area contributed by atoms with Crippen LogP contribution in [0.1, 0.15) is 72.3 Å². The van der Waals surface area contributed by atoms with Gasteiger partial charge in [0.15, 0.2) is 5.16 Å². The second-order valence-electron chi connectivity index (χ2n) is 7.75. The third-order valence-electron chi connectivity index (χ3n) is 5.75. The van der Waals surface area contributed by atoms with Gasteiger partial charge in [-0.1, -0.05) is 37.1 Å². The van der Waals surface area contributed by atoms with Crippen LogP contribution in [0.4, 0.5) is 0 Å². The lowest BCUT2D eigenvalue weighted by Gasteiger charge is -2.21. The van der Waals surface area contributed by atoms with Crippen LogP contribution in [-0.2, 0) is 6.54 Å². The van der Waals surface area contributed by atoms with E-state index in [9.17, 15) is 4.79 Å².